The molecule has 0 spiro atoms. The van der Waals surface area contributed by atoms with Crippen molar-refractivity contribution >= 4 is 17.6 Å². The van der Waals surface area contributed by atoms with E-state index >= 15 is 0 Å². The number of nitrogens with zero attached hydrogens (tertiary/aromatic N) is 1. The zero-order valence-electron chi connectivity index (χ0n) is 10.9. The molecule has 1 aliphatic rings. The zero-order chi connectivity index (χ0) is 13.8. The molecule has 0 radical (unpaired) electrons. The second-order valence-corrected chi connectivity index (χ2v) is 4.70. The smallest absolute Gasteiger partial charge is 0.327 e. The molecule has 0 fully saturated rings. The molecule has 4 heteroatoms. The Hall–Kier alpha value is -2.10. The number of carbonyl (C=O) groups excluding carboxylic acids is 1. The van der Waals surface area contributed by atoms with Crippen LogP contribution in [-0.2, 0) is 22.4 Å². The van der Waals surface area contributed by atoms with Crippen LogP contribution in [0.3, 0.4) is 0 Å². The first-order valence-electron chi connectivity index (χ1n) is 6.36. The van der Waals surface area contributed by atoms with Crippen molar-refractivity contribution in [3.8, 4) is 0 Å². The van der Waals surface area contributed by atoms with Crippen molar-refractivity contribution in [2.75, 3.05) is 11.9 Å². The van der Waals surface area contributed by atoms with E-state index in [9.17, 15) is 9.59 Å². The van der Waals surface area contributed by atoms with Gasteiger partial charge in [0.1, 0.15) is 0 Å². The van der Waals surface area contributed by atoms with Gasteiger partial charge in [-0.25, -0.2) is 4.79 Å². The molecule has 0 atom stereocenters. The van der Waals surface area contributed by atoms with Gasteiger partial charge in [-0.3, -0.25) is 4.79 Å². The summed E-state index contributed by atoms with van der Waals surface area (Å²) in [5.41, 5.74) is 3.36. The number of rotatable bonds is 4. The normalized spacial score (nSPS) is 14.8. The number of anilines is 1. The number of allylic oxidation sites excluding steroid dienone is 1. The Bertz CT molecular complexity index is 534. The summed E-state index contributed by atoms with van der Waals surface area (Å²) in [6.07, 6.45) is 5.71. The topological polar surface area (TPSA) is 57.6 Å². The number of hydrogen-bond acceptors (Lipinski definition) is 2. The minimum absolute atomic E-state index is 0.157. The highest BCUT2D eigenvalue weighted by atomic mass is 16.4. The quantitative estimate of drug-likeness (QED) is 0.843. The SMILES string of the molecule is CN1C(=O)CCc2cc(CC/C=C/C(=O)O)ccc21. The summed E-state index contributed by atoms with van der Waals surface area (Å²) in [6.45, 7) is 0. The molecular weight excluding hydrogens is 242 g/mol. The van der Waals surface area contributed by atoms with Crippen LogP contribution in [0.1, 0.15) is 24.0 Å². The first kappa shape index (κ1) is 13.3. The second kappa shape index (κ2) is 5.69. The van der Waals surface area contributed by atoms with Crippen LogP contribution in [-0.4, -0.2) is 24.0 Å². The third-order valence-electron chi connectivity index (χ3n) is 3.35. The Kier molecular flexibility index (Phi) is 4.00. The van der Waals surface area contributed by atoms with Crippen molar-refractivity contribution in [3.63, 3.8) is 0 Å². The third-order valence-corrected chi connectivity index (χ3v) is 3.35. The van der Waals surface area contributed by atoms with E-state index in [2.05, 4.69) is 6.07 Å². The summed E-state index contributed by atoms with van der Waals surface area (Å²) in [7, 11) is 1.80. The summed E-state index contributed by atoms with van der Waals surface area (Å²) < 4.78 is 0. The molecule has 0 aliphatic carbocycles. The zero-order valence-corrected chi connectivity index (χ0v) is 10.9. The fourth-order valence-electron chi connectivity index (χ4n) is 2.30. The Morgan fingerprint density at radius 3 is 2.95 bits per heavy atom. The molecule has 0 saturated carbocycles. The largest absolute Gasteiger partial charge is 0.478 e. The fourth-order valence-corrected chi connectivity index (χ4v) is 2.30. The first-order valence-corrected chi connectivity index (χ1v) is 6.36. The van der Waals surface area contributed by atoms with Gasteiger partial charge < -0.3 is 10.0 Å². The molecule has 1 N–H and O–H groups in total. The number of hydrogen-bond donors (Lipinski definition) is 1. The number of amides is 1. The van der Waals surface area contributed by atoms with Gasteiger partial charge in [-0.05, 0) is 36.5 Å². The van der Waals surface area contributed by atoms with Gasteiger partial charge in [-0.1, -0.05) is 18.2 Å². The summed E-state index contributed by atoms with van der Waals surface area (Å²) in [5, 5.41) is 8.50. The minimum Gasteiger partial charge on any atom is -0.478 e. The lowest BCUT2D eigenvalue weighted by Crippen LogP contribution is -2.31. The summed E-state index contributed by atoms with van der Waals surface area (Å²) >= 11 is 0. The number of carboxylic acids is 1. The highest BCUT2D eigenvalue weighted by Gasteiger charge is 2.20. The molecule has 1 heterocycles. The molecule has 2 rings (SSSR count). The average Bonchev–Trinajstić information content (AvgIpc) is 2.39. The predicted octanol–water partition coefficient (Wildman–Crippen LogP) is 2.17. The lowest BCUT2D eigenvalue weighted by atomic mass is 9.97. The number of carbonyl (C=O) groups is 2. The first-order chi connectivity index (χ1) is 9.08. The van der Waals surface area contributed by atoms with Crippen molar-refractivity contribution < 1.29 is 14.7 Å². The van der Waals surface area contributed by atoms with Crippen molar-refractivity contribution in [1.82, 2.24) is 0 Å². The van der Waals surface area contributed by atoms with E-state index in [0.29, 0.717) is 12.8 Å². The molecule has 0 saturated heterocycles. The van der Waals surface area contributed by atoms with E-state index in [4.69, 9.17) is 5.11 Å². The van der Waals surface area contributed by atoms with Crippen molar-refractivity contribution in [2.45, 2.75) is 25.7 Å². The molecule has 4 nitrogen and oxygen atoms in total. The Morgan fingerprint density at radius 1 is 1.42 bits per heavy atom. The molecule has 1 amide bonds. The van der Waals surface area contributed by atoms with Crippen LogP contribution in [0, 0.1) is 0 Å². The van der Waals surface area contributed by atoms with Gasteiger partial charge in [0.05, 0.1) is 0 Å². The van der Waals surface area contributed by atoms with Gasteiger partial charge >= 0.3 is 5.97 Å². The number of benzene rings is 1. The number of aliphatic carboxylic acids is 1. The van der Waals surface area contributed by atoms with Crippen LogP contribution in [0.25, 0.3) is 0 Å². The van der Waals surface area contributed by atoms with Crippen molar-refractivity contribution in [1.29, 1.82) is 0 Å². The van der Waals surface area contributed by atoms with Gasteiger partial charge in [0.25, 0.3) is 0 Å². The molecule has 1 aromatic rings. The van der Waals surface area contributed by atoms with Crippen LogP contribution in [0.5, 0.6) is 0 Å². The van der Waals surface area contributed by atoms with Crippen molar-refractivity contribution in [2.24, 2.45) is 0 Å². The summed E-state index contributed by atoms with van der Waals surface area (Å²) in [6, 6.07) is 6.10. The lowest BCUT2D eigenvalue weighted by molar-refractivity contribution is -0.131. The number of carboxylic acid groups (broad SMARTS) is 1. The van der Waals surface area contributed by atoms with E-state index in [1.807, 2.05) is 12.1 Å². The van der Waals surface area contributed by atoms with E-state index in [1.54, 1.807) is 18.0 Å². The molecular formula is C15H17NO3. The van der Waals surface area contributed by atoms with Crippen LogP contribution in [0.15, 0.2) is 30.4 Å². The lowest BCUT2D eigenvalue weighted by Gasteiger charge is -2.26. The monoisotopic (exact) mass is 259 g/mol. The van der Waals surface area contributed by atoms with E-state index < -0.39 is 5.97 Å². The molecule has 0 bridgehead atoms. The highest BCUT2D eigenvalue weighted by molar-refractivity contribution is 5.95. The molecule has 1 aliphatic heterocycles. The Labute approximate surface area is 112 Å². The van der Waals surface area contributed by atoms with Gasteiger partial charge in [0, 0.05) is 25.2 Å². The van der Waals surface area contributed by atoms with Crippen LogP contribution >= 0.6 is 0 Å². The average molecular weight is 259 g/mol. The molecule has 0 aromatic heterocycles. The fraction of sp³-hybridized carbons (Fsp3) is 0.333. The van der Waals surface area contributed by atoms with Gasteiger partial charge in [0.15, 0.2) is 0 Å². The molecule has 0 unspecified atom stereocenters. The van der Waals surface area contributed by atoms with Gasteiger partial charge in [-0.2, -0.15) is 0 Å². The van der Waals surface area contributed by atoms with E-state index in [1.165, 1.54) is 17.2 Å². The van der Waals surface area contributed by atoms with E-state index in [0.717, 1.165) is 18.5 Å². The highest BCUT2D eigenvalue weighted by Crippen LogP contribution is 2.27. The minimum atomic E-state index is -0.912. The number of aryl methyl sites for hydroxylation is 2. The summed E-state index contributed by atoms with van der Waals surface area (Å²) in [4.78, 5) is 23.6. The predicted molar refractivity (Wildman–Crippen MR) is 73.3 cm³/mol. The third kappa shape index (κ3) is 3.22. The molecule has 100 valence electrons. The second-order valence-electron chi connectivity index (χ2n) is 4.70. The Morgan fingerprint density at radius 2 is 2.21 bits per heavy atom. The maximum atomic E-state index is 11.6. The van der Waals surface area contributed by atoms with Crippen LogP contribution < -0.4 is 4.90 Å². The van der Waals surface area contributed by atoms with Crippen molar-refractivity contribution in [3.05, 3.63) is 41.5 Å². The maximum absolute atomic E-state index is 11.6. The molecule has 19 heavy (non-hydrogen) atoms. The molecule has 1 aromatic carbocycles. The Balaban J connectivity index is 2.05. The van der Waals surface area contributed by atoms with Gasteiger partial charge in [0.2, 0.25) is 5.91 Å². The van der Waals surface area contributed by atoms with Crippen LogP contribution in [0.4, 0.5) is 5.69 Å². The van der Waals surface area contributed by atoms with Gasteiger partial charge in [-0.15, -0.1) is 0 Å². The summed E-state index contributed by atoms with van der Waals surface area (Å²) in [5.74, 6) is -0.754. The van der Waals surface area contributed by atoms with Crippen LogP contribution in [0.2, 0.25) is 0 Å². The standard InChI is InChI=1S/C15H17NO3/c1-16-13-8-6-11(4-2-3-5-15(18)19)10-12(13)7-9-14(16)17/h3,5-6,8,10H,2,4,7,9H2,1H3,(H,18,19)/b5-3+. The maximum Gasteiger partial charge on any atom is 0.327 e. The van der Waals surface area contributed by atoms with E-state index in [-0.39, 0.29) is 5.91 Å². The number of fused-ring (bicyclic) bond motifs is 1.